The minimum absolute atomic E-state index is 0.0775. The minimum atomic E-state index is -0.0775. The Hall–Kier alpha value is -2.08. The van der Waals surface area contributed by atoms with E-state index in [9.17, 15) is 4.79 Å². The molecule has 1 aliphatic heterocycles. The van der Waals surface area contributed by atoms with Crippen molar-refractivity contribution in [1.29, 1.82) is 0 Å². The van der Waals surface area contributed by atoms with Gasteiger partial charge in [-0.05, 0) is 69.7 Å². The van der Waals surface area contributed by atoms with Gasteiger partial charge in [-0.1, -0.05) is 6.92 Å². The number of nitrogens with one attached hydrogen (secondary N) is 2. The molecular formula is C20H28N4O2. The van der Waals surface area contributed by atoms with Crippen LogP contribution in [0.3, 0.4) is 0 Å². The SMILES string of the molecule is CC1CCN(C(CNC(=O)c2n[nH]c3c2CCCC3)c2ccco2)CC1. The van der Waals surface area contributed by atoms with Crippen LogP contribution in [-0.2, 0) is 12.8 Å². The topological polar surface area (TPSA) is 74.2 Å². The molecule has 1 unspecified atom stereocenters. The van der Waals surface area contributed by atoms with Gasteiger partial charge < -0.3 is 9.73 Å². The second-order valence-corrected chi connectivity index (χ2v) is 7.70. The first-order valence-corrected chi connectivity index (χ1v) is 9.84. The minimum Gasteiger partial charge on any atom is -0.468 e. The highest BCUT2D eigenvalue weighted by atomic mass is 16.3. The molecule has 1 aliphatic carbocycles. The van der Waals surface area contributed by atoms with Gasteiger partial charge in [0, 0.05) is 17.8 Å². The number of aromatic nitrogens is 2. The highest BCUT2D eigenvalue weighted by molar-refractivity contribution is 5.94. The molecule has 0 saturated carbocycles. The van der Waals surface area contributed by atoms with E-state index < -0.39 is 0 Å². The molecule has 26 heavy (non-hydrogen) atoms. The second-order valence-electron chi connectivity index (χ2n) is 7.70. The van der Waals surface area contributed by atoms with Gasteiger partial charge >= 0.3 is 0 Å². The van der Waals surface area contributed by atoms with E-state index in [1.165, 1.54) is 19.3 Å². The number of hydrogen-bond acceptors (Lipinski definition) is 4. The van der Waals surface area contributed by atoms with E-state index in [0.717, 1.165) is 55.3 Å². The zero-order valence-corrected chi connectivity index (χ0v) is 15.5. The zero-order valence-electron chi connectivity index (χ0n) is 15.5. The first-order valence-electron chi connectivity index (χ1n) is 9.84. The van der Waals surface area contributed by atoms with Gasteiger partial charge in [-0.3, -0.25) is 14.8 Å². The van der Waals surface area contributed by atoms with E-state index in [4.69, 9.17) is 4.42 Å². The van der Waals surface area contributed by atoms with Crippen molar-refractivity contribution >= 4 is 5.91 Å². The van der Waals surface area contributed by atoms with Gasteiger partial charge in [0.1, 0.15) is 5.76 Å². The molecule has 2 aliphatic rings. The largest absolute Gasteiger partial charge is 0.468 e. The number of carbonyl (C=O) groups is 1. The molecule has 140 valence electrons. The summed E-state index contributed by atoms with van der Waals surface area (Å²) in [4.78, 5) is 15.2. The Kier molecular flexibility index (Phi) is 5.11. The maximum Gasteiger partial charge on any atom is 0.272 e. The molecule has 1 atom stereocenters. The van der Waals surface area contributed by atoms with E-state index in [0.29, 0.717) is 12.2 Å². The normalized spacial score (nSPS) is 19.9. The van der Waals surface area contributed by atoms with Crippen molar-refractivity contribution in [3.05, 3.63) is 41.1 Å². The number of H-pyrrole nitrogens is 1. The molecule has 2 aromatic heterocycles. The lowest BCUT2D eigenvalue weighted by Crippen LogP contribution is -2.42. The van der Waals surface area contributed by atoms with E-state index in [-0.39, 0.29) is 11.9 Å². The maximum absolute atomic E-state index is 12.7. The van der Waals surface area contributed by atoms with Gasteiger partial charge in [0.05, 0.1) is 12.3 Å². The van der Waals surface area contributed by atoms with E-state index in [1.807, 2.05) is 12.1 Å². The number of aromatic amines is 1. The second kappa shape index (κ2) is 7.66. The fourth-order valence-electron chi connectivity index (χ4n) is 4.17. The molecule has 1 amide bonds. The molecule has 6 nitrogen and oxygen atoms in total. The highest BCUT2D eigenvalue weighted by Crippen LogP contribution is 2.27. The number of nitrogens with zero attached hydrogens (tertiary/aromatic N) is 2. The molecule has 1 saturated heterocycles. The quantitative estimate of drug-likeness (QED) is 0.863. The monoisotopic (exact) mass is 356 g/mol. The average molecular weight is 356 g/mol. The van der Waals surface area contributed by atoms with Gasteiger partial charge in [-0.15, -0.1) is 0 Å². The van der Waals surface area contributed by atoms with Gasteiger partial charge in [-0.25, -0.2) is 0 Å². The number of piperidine rings is 1. The van der Waals surface area contributed by atoms with Crippen LogP contribution in [0, 0.1) is 5.92 Å². The van der Waals surface area contributed by atoms with Crippen molar-refractivity contribution < 1.29 is 9.21 Å². The molecular weight excluding hydrogens is 328 g/mol. The molecule has 6 heteroatoms. The molecule has 0 aromatic carbocycles. The van der Waals surface area contributed by atoms with Crippen molar-refractivity contribution in [3.63, 3.8) is 0 Å². The Morgan fingerprint density at radius 1 is 1.38 bits per heavy atom. The van der Waals surface area contributed by atoms with Crippen molar-refractivity contribution in [2.45, 2.75) is 51.5 Å². The average Bonchev–Trinajstić information content (AvgIpc) is 3.33. The van der Waals surface area contributed by atoms with E-state index in [1.54, 1.807) is 6.26 Å². The number of rotatable bonds is 5. The Bertz CT molecular complexity index is 729. The van der Waals surface area contributed by atoms with Gasteiger partial charge in [-0.2, -0.15) is 5.10 Å². The van der Waals surface area contributed by atoms with Gasteiger partial charge in [0.2, 0.25) is 0 Å². The Balaban J connectivity index is 1.44. The number of carbonyl (C=O) groups excluding carboxylic acids is 1. The molecule has 0 spiro atoms. The summed E-state index contributed by atoms with van der Waals surface area (Å²) in [7, 11) is 0. The van der Waals surface area contributed by atoms with Crippen LogP contribution in [0.2, 0.25) is 0 Å². The summed E-state index contributed by atoms with van der Waals surface area (Å²) in [5.41, 5.74) is 2.81. The van der Waals surface area contributed by atoms with Crippen LogP contribution in [0.25, 0.3) is 0 Å². The van der Waals surface area contributed by atoms with E-state index >= 15 is 0 Å². The predicted octanol–water partition coefficient (Wildman–Crippen LogP) is 3.08. The summed E-state index contributed by atoms with van der Waals surface area (Å²) < 4.78 is 5.67. The third kappa shape index (κ3) is 3.56. The lowest BCUT2D eigenvalue weighted by molar-refractivity contribution is 0.0890. The summed E-state index contributed by atoms with van der Waals surface area (Å²) >= 11 is 0. The lowest BCUT2D eigenvalue weighted by Gasteiger charge is -2.35. The first kappa shape index (κ1) is 17.3. The molecule has 0 bridgehead atoms. The third-order valence-electron chi connectivity index (χ3n) is 5.86. The Labute approximate surface area is 154 Å². The fraction of sp³-hybridized carbons (Fsp3) is 0.600. The molecule has 4 rings (SSSR count). The van der Waals surface area contributed by atoms with Crippen molar-refractivity contribution in [2.75, 3.05) is 19.6 Å². The summed E-state index contributed by atoms with van der Waals surface area (Å²) in [5.74, 6) is 1.61. The van der Waals surface area contributed by atoms with Crippen LogP contribution in [0.15, 0.2) is 22.8 Å². The van der Waals surface area contributed by atoms with Crippen LogP contribution in [0.1, 0.15) is 66.2 Å². The molecule has 3 heterocycles. The van der Waals surface area contributed by atoms with Crippen LogP contribution >= 0.6 is 0 Å². The van der Waals surface area contributed by atoms with Crippen molar-refractivity contribution in [1.82, 2.24) is 20.4 Å². The Morgan fingerprint density at radius 3 is 2.96 bits per heavy atom. The standard InChI is InChI=1S/C20H28N4O2/c1-14-8-10-24(11-9-14)17(18-7-4-12-26-18)13-21-20(25)19-15-5-2-3-6-16(15)22-23-19/h4,7,12,14,17H,2-3,5-6,8-11,13H2,1H3,(H,21,25)(H,22,23). The predicted molar refractivity (Wildman–Crippen MR) is 99.0 cm³/mol. The van der Waals surface area contributed by atoms with Crippen LogP contribution < -0.4 is 5.32 Å². The summed E-state index contributed by atoms with van der Waals surface area (Å²) in [5, 5.41) is 10.4. The number of fused-ring (bicyclic) bond motifs is 1. The van der Waals surface area contributed by atoms with Gasteiger partial charge in [0.15, 0.2) is 5.69 Å². The summed E-state index contributed by atoms with van der Waals surface area (Å²) in [6.45, 7) is 4.94. The summed E-state index contributed by atoms with van der Waals surface area (Å²) in [6.07, 6.45) is 8.34. The molecule has 2 N–H and O–H groups in total. The molecule has 0 radical (unpaired) electrons. The summed E-state index contributed by atoms with van der Waals surface area (Å²) in [6, 6.07) is 4.00. The Morgan fingerprint density at radius 2 is 2.19 bits per heavy atom. The number of aryl methyl sites for hydroxylation is 1. The van der Waals surface area contributed by atoms with Crippen molar-refractivity contribution in [3.8, 4) is 0 Å². The number of furan rings is 1. The van der Waals surface area contributed by atoms with Crippen LogP contribution in [-0.4, -0.2) is 40.6 Å². The maximum atomic E-state index is 12.7. The van der Waals surface area contributed by atoms with Gasteiger partial charge in [0.25, 0.3) is 5.91 Å². The first-order chi connectivity index (χ1) is 12.7. The number of hydrogen-bond donors (Lipinski definition) is 2. The number of likely N-dealkylation sites (tertiary alicyclic amines) is 1. The van der Waals surface area contributed by atoms with Crippen LogP contribution in [0.5, 0.6) is 0 Å². The smallest absolute Gasteiger partial charge is 0.272 e. The third-order valence-corrected chi connectivity index (χ3v) is 5.86. The van der Waals surface area contributed by atoms with E-state index in [2.05, 4.69) is 27.3 Å². The molecule has 1 fully saturated rings. The van der Waals surface area contributed by atoms with Crippen LogP contribution in [0.4, 0.5) is 0 Å². The zero-order chi connectivity index (χ0) is 17.9. The highest BCUT2D eigenvalue weighted by Gasteiger charge is 2.28. The lowest BCUT2D eigenvalue weighted by atomic mass is 9.95. The number of amides is 1. The van der Waals surface area contributed by atoms with Crippen molar-refractivity contribution in [2.24, 2.45) is 5.92 Å². The molecule has 2 aromatic rings. The fourth-order valence-corrected chi connectivity index (χ4v) is 4.17.